The number of aliphatic hydroxyl groups excluding tert-OH is 1. The van der Waals surface area contributed by atoms with Crippen LogP contribution in [-0.2, 0) is 18.3 Å². The van der Waals surface area contributed by atoms with Crippen molar-refractivity contribution in [3.05, 3.63) is 53.2 Å². The van der Waals surface area contributed by atoms with E-state index < -0.39 is 0 Å². The van der Waals surface area contributed by atoms with E-state index in [0.29, 0.717) is 0 Å². The Morgan fingerprint density at radius 3 is 2.22 bits per heavy atom. The van der Waals surface area contributed by atoms with Crippen molar-refractivity contribution >= 4 is 28.4 Å². The second-order valence-corrected chi connectivity index (χ2v) is 5.93. The molecule has 0 aliphatic heterocycles. The van der Waals surface area contributed by atoms with Gasteiger partial charge in [0.2, 0.25) is 5.91 Å². The summed E-state index contributed by atoms with van der Waals surface area (Å²) in [6.07, 6.45) is 1.99. The third kappa shape index (κ3) is 8.80. The van der Waals surface area contributed by atoms with Gasteiger partial charge in [0.1, 0.15) is 5.75 Å². The standard InChI is InChI=1S/C13H16N2O2.C4H7Cl.C3H6.CH4O/c1-8-9(7-12(14)16)13-10(15(8)2)5-4-6-11(13)17-3;1-4(2)3-5;1-3-2;1-2/h4-6H,7H2,1-3H3,(H2,14,16);3H,1-2H3;3H,1H2,2H3;2H,1H3. The number of ether oxygens (including phenoxy) is 1. The molecule has 1 aromatic carbocycles. The monoisotopic (exact) mass is 396 g/mol. The van der Waals surface area contributed by atoms with Crippen molar-refractivity contribution in [3.8, 4) is 5.75 Å². The lowest BCUT2D eigenvalue weighted by Gasteiger charge is -2.04. The molecule has 1 amide bonds. The SMILES string of the molecule is C=CC.CC(C)=CCl.CO.COc1cccc2c1c(CC(N)=O)c(C)n2C. The van der Waals surface area contributed by atoms with E-state index in [2.05, 4.69) is 11.1 Å². The van der Waals surface area contributed by atoms with Crippen molar-refractivity contribution in [3.63, 3.8) is 0 Å². The summed E-state index contributed by atoms with van der Waals surface area (Å²) in [5.41, 5.74) is 11.0. The van der Waals surface area contributed by atoms with E-state index in [1.54, 1.807) is 18.7 Å². The van der Waals surface area contributed by atoms with Crippen LogP contribution >= 0.6 is 11.6 Å². The van der Waals surface area contributed by atoms with Crippen molar-refractivity contribution in [1.82, 2.24) is 4.57 Å². The number of halogens is 1. The van der Waals surface area contributed by atoms with Gasteiger partial charge in [-0.15, -0.1) is 6.58 Å². The fourth-order valence-electron chi connectivity index (χ4n) is 2.23. The highest BCUT2D eigenvalue weighted by atomic mass is 35.5. The zero-order chi connectivity index (χ0) is 21.6. The predicted octanol–water partition coefficient (Wildman–Crippen LogP) is 4.47. The van der Waals surface area contributed by atoms with Crippen molar-refractivity contribution in [2.45, 2.75) is 34.1 Å². The highest BCUT2D eigenvalue weighted by molar-refractivity contribution is 6.25. The molecule has 0 aliphatic carbocycles. The Morgan fingerprint density at radius 1 is 1.37 bits per heavy atom. The molecular formula is C21H33ClN2O3. The Balaban J connectivity index is 0. The molecule has 0 spiro atoms. The number of carbonyl (C=O) groups excluding carboxylic acids is 1. The van der Waals surface area contributed by atoms with Gasteiger partial charge in [0.25, 0.3) is 0 Å². The number of methoxy groups -OCH3 is 1. The van der Waals surface area contributed by atoms with Crippen molar-refractivity contribution in [1.29, 1.82) is 0 Å². The molecule has 0 bridgehead atoms. The molecule has 152 valence electrons. The van der Waals surface area contributed by atoms with Crippen LogP contribution in [-0.4, -0.2) is 29.8 Å². The summed E-state index contributed by atoms with van der Waals surface area (Å²) < 4.78 is 7.40. The molecule has 3 N–H and O–H groups in total. The minimum atomic E-state index is -0.327. The van der Waals surface area contributed by atoms with E-state index in [1.807, 2.05) is 52.9 Å². The maximum Gasteiger partial charge on any atom is 0.221 e. The Labute approximate surface area is 168 Å². The van der Waals surface area contributed by atoms with Gasteiger partial charge < -0.3 is 20.1 Å². The summed E-state index contributed by atoms with van der Waals surface area (Å²) in [6.45, 7) is 11.1. The van der Waals surface area contributed by atoms with Crippen molar-refractivity contribution in [2.75, 3.05) is 14.2 Å². The van der Waals surface area contributed by atoms with Crippen molar-refractivity contribution < 1.29 is 14.6 Å². The molecule has 0 saturated carbocycles. The van der Waals surface area contributed by atoms with Crippen LogP contribution in [0.3, 0.4) is 0 Å². The number of aryl methyl sites for hydroxylation is 1. The summed E-state index contributed by atoms with van der Waals surface area (Å²) in [4.78, 5) is 11.1. The van der Waals surface area contributed by atoms with E-state index in [1.165, 1.54) is 0 Å². The van der Waals surface area contributed by atoms with E-state index in [9.17, 15) is 4.79 Å². The Hall–Kier alpha value is -2.24. The van der Waals surface area contributed by atoms with E-state index in [4.69, 9.17) is 27.2 Å². The molecule has 0 unspecified atom stereocenters. The quantitative estimate of drug-likeness (QED) is 0.751. The third-order valence-corrected chi connectivity index (χ3v) is 3.83. The maximum absolute atomic E-state index is 11.1. The molecule has 2 aromatic rings. The molecule has 0 fully saturated rings. The number of hydrogen-bond acceptors (Lipinski definition) is 3. The van der Waals surface area contributed by atoms with Crippen molar-refractivity contribution in [2.24, 2.45) is 12.8 Å². The molecule has 2 rings (SSSR count). The number of nitrogens with two attached hydrogens (primary N) is 1. The average Bonchev–Trinajstić information content (AvgIpc) is 2.89. The van der Waals surface area contributed by atoms with Gasteiger partial charge in [-0.3, -0.25) is 4.79 Å². The first-order valence-electron chi connectivity index (χ1n) is 8.39. The third-order valence-electron chi connectivity index (χ3n) is 3.40. The minimum absolute atomic E-state index is 0.240. The van der Waals surface area contributed by atoms with Gasteiger partial charge in [-0.1, -0.05) is 29.3 Å². The summed E-state index contributed by atoms with van der Waals surface area (Å²) in [6, 6.07) is 5.84. The number of allylic oxidation sites excluding steroid dienone is 2. The van der Waals surface area contributed by atoms with Gasteiger partial charge in [0.15, 0.2) is 0 Å². The van der Waals surface area contributed by atoms with Crippen LogP contribution < -0.4 is 10.5 Å². The molecule has 27 heavy (non-hydrogen) atoms. The van der Waals surface area contributed by atoms with Crippen LogP contribution in [0.15, 0.2) is 42.0 Å². The van der Waals surface area contributed by atoms with Gasteiger partial charge in [-0.05, 0) is 45.4 Å². The van der Waals surface area contributed by atoms with Crippen LogP contribution in [0.2, 0.25) is 0 Å². The molecule has 0 radical (unpaired) electrons. The van der Waals surface area contributed by atoms with Crippen LogP contribution in [0.4, 0.5) is 0 Å². The molecule has 0 atom stereocenters. The van der Waals surface area contributed by atoms with Crippen LogP contribution in [0.5, 0.6) is 5.75 Å². The zero-order valence-corrected chi connectivity index (χ0v) is 18.2. The largest absolute Gasteiger partial charge is 0.496 e. The number of benzene rings is 1. The molecule has 0 aliphatic rings. The number of aromatic nitrogens is 1. The Morgan fingerprint density at radius 2 is 1.85 bits per heavy atom. The number of carbonyl (C=O) groups is 1. The second-order valence-electron chi connectivity index (χ2n) is 5.72. The fraction of sp³-hybridized carbons (Fsp3) is 0.381. The lowest BCUT2D eigenvalue weighted by molar-refractivity contribution is -0.117. The van der Waals surface area contributed by atoms with Crippen LogP contribution in [0.1, 0.15) is 32.0 Å². The lowest BCUT2D eigenvalue weighted by atomic mass is 10.1. The van der Waals surface area contributed by atoms with Gasteiger partial charge in [0.05, 0.1) is 19.0 Å². The number of amides is 1. The number of primary amides is 1. The summed E-state index contributed by atoms with van der Waals surface area (Å²) >= 11 is 5.17. The van der Waals surface area contributed by atoms with Gasteiger partial charge in [-0.2, -0.15) is 0 Å². The first-order chi connectivity index (χ1) is 12.7. The topological polar surface area (TPSA) is 77.5 Å². The molecule has 1 aromatic heterocycles. The Kier molecular flexibility index (Phi) is 14.9. The number of rotatable bonds is 3. The van der Waals surface area contributed by atoms with Crippen LogP contribution in [0.25, 0.3) is 10.9 Å². The predicted molar refractivity (Wildman–Crippen MR) is 116 cm³/mol. The summed E-state index contributed by atoms with van der Waals surface area (Å²) in [5, 5.41) is 7.98. The lowest BCUT2D eigenvalue weighted by Crippen LogP contribution is -2.14. The average molecular weight is 397 g/mol. The van der Waals surface area contributed by atoms with Gasteiger partial charge >= 0.3 is 0 Å². The Bertz CT molecular complexity index is 745. The number of fused-ring (bicyclic) bond motifs is 1. The molecule has 5 nitrogen and oxygen atoms in total. The number of nitrogens with zero attached hydrogens (tertiary/aromatic N) is 1. The van der Waals surface area contributed by atoms with Gasteiger partial charge in [-0.25, -0.2) is 0 Å². The number of aliphatic hydroxyl groups is 1. The molecule has 0 saturated heterocycles. The minimum Gasteiger partial charge on any atom is -0.496 e. The number of hydrogen-bond donors (Lipinski definition) is 2. The van der Waals surface area contributed by atoms with E-state index in [0.717, 1.165) is 40.6 Å². The maximum atomic E-state index is 11.1. The normalized spacial score (nSPS) is 8.78. The van der Waals surface area contributed by atoms with Gasteiger partial charge in [0, 0.05) is 30.8 Å². The van der Waals surface area contributed by atoms with E-state index in [-0.39, 0.29) is 12.3 Å². The summed E-state index contributed by atoms with van der Waals surface area (Å²) in [5.74, 6) is 0.453. The highest BCUT2D eigenvalue weighted by Crippen LogP contribution is 2.32. The first kappa shape index (κ1) is 27.0. The molecular weight excluding hydrogens is 364 g/mol. The summed E-state index contributed by atoms with van der Waals surface area (Å²) in [7, 11) is 4.60. The second kappa shape index (κ2) is 14.9. The first-order valence-corrected chi connectivity index (χ1v) is 8.83. The smallest absolute Gasteiger partial charge is 0.221 e. The fourth-order valence-corrected chi connectivity index (χ4v) is 2.23. The molecule has 1 heterocycles. The zero-order valence-electron chi connectivity index (χ0n) is 17.5. The van der Waals surface area contributed by atoms with E-state index >= 15 is 0 Å². The molecule has 6 heteroatoms. The van der Waals surface area contributed by atoms with Crippen LogP contribution in [0, 0.1) is 6.92 Å². The highest BCUT2D eigenvalue weighted by Gasteiger charge is 2.16.